The Morgan fingerprint density at radius 2 is 1.82 bits per heavy atom. The molecule has 1 aromatic carbocycles. The van der Waals surface area contributed by atoms with Gasteiger partial charge in [0.2, 0.25) is 5.13 Å². The number of benzene rings is 1. The molecule has 1 N–H and O–H groups in total. The van der Waals surface area contributed by atoms with Gasteiger partial charge in [-0.25, -0.2) is 8.42 Å². The third-order valence-electron chi connectivity index (χ3n) is 2.86. The topological polar surface area (TPSA) is 84.8 Å². The molecular formula is C14H12N4O2S2. The van der Waals surface area contributed by atoms with Gasteiger partial charge in [-0.15, -0.1) is 10.2 Å². The monoisotopic (exact) mass is 332 g/mol. The number of aromatic nitrogens is 3. The molecule has 6 nitrogen and oxygen atoms in total. The fourth-order valence-electron chi connectivity index (χ4n) is 1.75. The molecule has 0 bridgehead atoms. The number of rotatable bonds is 4. The molecule has 8 heteroatoms. The Morgan fingerprint density at radius 3 is 2.50 bits per heavy atom. The van der Waals surface area contributed by atoms with Crippen LogP contribution < -0.4 is 4.72 Å². The Hall–Kier alpha value is -2.32. The zero-order valence-corrected chi connectivity index (χ0v) is 13.2. The summed E-state index contributed by atoms with van der Waals surface area (Å²) in [4.78, 5) is 4.35. The molecule has 3 rings (SSSR count). The molecule has 2 heterocycles. The first-order chi connectivity index (χ1) is 10.5. The summed E-state index contributed by atoms with van der Waals surface area (Å²) in [6.07, 6.45) is 1.65. The van der Waals surface area contributed by atoms with Gasteiger partial charge in [-0.3, -0.25) is 9.71 Å². The van der Waals surface area contributed by atoms with Gasteiger partial charge >= 0.3 is 0 Å². The van der Waals surface area contributed by atoms with Crippen LogP contribution >= 0.6 is 11.3 Å². The van der Waals surface area contributed by atoms with Crippen LogP contribution in [-0.4, -0.2) is 23.6 Å². The predicted octanol–water partition coefficient (Wildman–Crippen LogP) is 2.71. The molecule has 0 aliphatic rings. The number of pyridine rings is 1. The van der Waals surface area contributed by atoms with Crippen LogP contribution in [0.25, 0.3) is 10.7 Å². The molecule has 2 aromatic heterocycles. The summed E-state index contributed by atoms with van der Waals surface area (Å²) in [5, 5.41) is 8.58. The standard InChI is InChI=1S/C14H12N4O2S2/c1-10-5-7-11(8-6-10)22(19,20)18-14-17-16-13(21-14)12-4-2-3-9-15-12/h2-9H,1H3,(H,17,18). The second kappa shape index (κ2) is 5.82. The molecule has 0 atom stereocenters. The average molecular weight is 332 g/mol. The van der Waals surface area contributed by atoms with E-state index >= 15 is 0 Å². The number of hydrogen-bond acceptors (Lipinski definition) is 6. The first-order valence-electron chi connectivity index (χ1n) is 6.39. The SMILES string of the molecule is Cc1ccc(S(=O)(=O)Nc2nnc(-c3ccccn3)s2)cc1. The van der Waals surface area contributed by atoms with Crippen LogP contribution in [0.15, 0.2) is 53.6 Å². The minimum atomic E-state index is -3.66. The van der Waals surface area contributed by atoms with Crippen molar-refractivity contribution in [2.75, 3.05) is 4.72 Å². The van der Waals surface area contributed by atoms with Crippen LogP contribution in [0.1, 0.15) is 5.56 Å². The third-order valence-corrected chi connectivity index (χ3v) is 5.21. The van der Waals surface area contributed by atoms with E-state index in [9.17, 15) is 8.42 Å². The van der Waals surface area contributed by atoms with Crippen molar-refractivity contribution in [3.05, 3.63) is 54.2 Å². The second-order valence-electron chi connectivity index (χ2n) is 4.55. The summed E-state index contributed by atoms with van der Waals surface area (Å²) >= 11 is 1.14. The highest BCUT2D eigenvalue weighted by Crippen LogP contribution is 2.26. The van der Waals surface area contributed by atoms with Crippen molar-refractivity contribution in [3.8, 4) is 10.7 Å². The first-order valence-corrected chi connectivity index (χ1v) is 8.69. The lowest BCUT2D eigenvalue weighted by Crippen LogP contribution is -2.12. The molecule has 0 fully saturated rings. The molecule has 0 aliphatic carbocycles. The molecule has 22 heavy (non-hydrogen) atoms. The lowest BCUT2D eigenvalue weighted by Gasteiger charge is -2.04. The summed E-state index contributed by atoms with van der Waals surface area (Å²) in [7, 11) is -3.66. The molecule has 0 spiro atoms. The summed E-state index contributed by atoms with van der Waals surface area (Å²) in [6.45, 7) is 1.90. The smallest absolute Gasteiger partial charge is 0.254 e. The van der Waals surface area contributed by atoms with E-state index in [1.54, 1.807) is 42.6 Å². The van der Waals surface area contributed by atoms with E-state index in [-0.39, 0.29) is 10.0 Å². The minimum Gasteiger partial charge on any atom is -0.254 e. The maximum atomic E-state index is 12.3. The lowest BCUT2D eigenvalue weighted by molar-refractivity contribution is 0.601. The number of anilines is 1. The van der Waals surface area contributed by atoms with Crippen molar-refractivity contribution < 1.29 is 8.42 Å². The average Bonchev–Trinajstić information content (AvgIpc) is 2.96. The molecule has 0 radical (unpaired) electrons. The molecular weight excluding hydrogens is 320 g/mol. The summed E-state index contributed by atoms with van der Waals surface area (Å²) in [5.41, 5.74) is 1.65. The van der Waals surface area contributed by atoms with E-state index in [0.29, 0.717) is 10.7 Å². The Labute approximate surface area is 131 Å². The van der Waals surface area contributed by atoms with Gasteiger partial charge in [-0.05, 0) is 31.2 Å². The van der Waals surface area contributed by atoms with E-state index < -0.39 is 10.0 Å². The summed E-state index contributed by atoms with van der Waals surface area (Å²) in [6, 6.07) is 12.0. The Bertz CT molecular complexity index is 875. The van der Waals surface area contributed by atoms with Crippen molar-refractivity contribution in [2.45, 2.75) is 11.8 Å². The maximum Gasteiger partial charge on any atom is 0.263 e. The third kappa shape index (κ3) is 3.12. The van der Waals surface area contributed by atoms with Crippen molar-refractivity contribution in [1.82, 2.24) is 15.2 Å². The normalized spacial score (nSPS) is 11.3. The van der Waals surface area contributed by atoms with Crippen LogP contribution in [0, 0.1) is 6.92 Å². The Morgan fingerprint density at radius 1 is 1.05 bits per heavy atom. The van der Waals surface area contributed by atoms with Crippen molar-refractivity contribution >= 4 is 26.5 Å². The summed E-state index contributed by atoms with van der Waals surface area (Å²) < 4.78 is 27.0. The number of sulfonamides is 1. The van der Waals surface area contributed by atoms with E-state index in [2.05, 4.69) is 19.9 Å². The first kappa shape index (κ1) is 14.6. The van der Waals surface area contributed by atoms with Crippen LogP contribution in [-0.2, 0) is 10.0 Å². The Balaban J connectivity index is 1.84. The fourth-order valence-corrected chi connectivity index (χ4v) is 3.70. The molecule has 0 saturated heterocycles. The lowest BCUT2D eigenvalue weighted by atomic mass is 10.2. The fraction of sp³-hybridized carbons (Fsp3) is 0.0714. The number of nitrogens with zero attached hydrogens (tertiary/aromatic N) is 3. The maximum absolute atomic E-state index is 12.3. The predicted molar refractivity (Wildman–Crippen MR) is 85.1 cm³/mol. The second-order valence-corrected chi connectivity index (χ2v) is 7.21. The van der Waals surface area contributed by atoms with E-state index in [1.165, 1.54) is 0 Å². The number of aryl methyl sites for hydroxylation is 1. The molecule has 112 valence electrons. The van der Waals surface area contributed by atoms with Gasteiger partial charge in [-0.2, -0.15) is 0 Å². The van der Waals surface area contributed by atoms with Crippen molar-refractivity contribution in [3.63, 3.8) is 0 Å². The highest BCUT2D eigenvalue weighted by atomic mass is 32.2. The highest BCUT2D eigenvalue weighted by Gasteiger charge is 2.17. The zero-order chi connectivity index (χ0) is 15.6. The van der Waals surface area contributed by atoms with Crippen molar-refractivity contribution in [1.29, 1.82) is 0 Å². The van der Waals surface area contributed by atoms with Gasteiger partial charge in [0.1, 0.15) is 5.69 Å². The molecule has 0 aliphatic heterocycles. The van der Waals surface area contributed by atoms with E-state index in [0.717, 1.165) is 16.9 Å². The van der Waals surface area contributed by atoms with Gasteiger partial charge in [0.25, 0.3) is 10.0 Å². The van der Waals surface area contributed by atoms with Gasteiger partial charge < -0.3 is 0 Å². The molecule has 0 saturated carbocycles. The molecule has 3 aromatic rings. The van der Waals surface area contributed by atoms with Crippen LogP contribution in [0.2, 0.25) is 0 Å². The van der Waals surface area contributed by atoms with Gasteiger partial charge in [0.05, 0.1) is 4.90 Å². The number of nitrogens with one attached hydrogen (secondary N) is 1. The summed E-state index contributed by atoms with van der Waals surface area (Å²) in [5.74, 6) is 0. The highest BCUT2D eigenvalue weighted by molar-refractivity contribution is 7.93. The van der Waals surface area contributed by atoms with Crippen LogP contribution in [0.4, 0.5) is 5.13 Å². The quantitative estimate of drug-likeness (QED) is 0.794. The van der Waals surface area contributed by atoms with Crippen molar-refractivity contribution in [2.24, 2.45) is 0 Å². The van der Waals surface area contributed by atoms with Crippen LogP contribution in [0.3, 0.4) is 0 Å². The van der Waals surface area contributed by atoms with Crippen LogP contribution in [0.5, 0.6) is 0 Å². The minimum absolute atomic E-state index is 0.188. The van der Waals surface area contributed by atoms with E-state index in [4.69, 9.17) is 0 Å². The van der Waals surface area contributed by atoms with Gasteiger partial charge in [-0.1, -0.05) is 35.1 Å². The zero-order valence-electron chi connectivity index (χ0n) is 11.6. The van der Waals surface area contributed by atoms with E-state index in [1.807, 2.05) is 13.0 Å². The Kier molecular flexibility index (Phi) is 3.86. The van der Waals surface area contributed by atoms with Gasteiger partial charge in [0.15, 0.2) is 5.01 Å². The largest absolute Gasteiger partial charge is 0.263 e. The molecule has 0 unspecified atom stereocenters. The molecule has 0 amide bonds. The number of hydrogen-bond donors (Lipinski definition) is 1. The van der Waals surface area contributed by atoms with Gasteiger partial charge in [0, 0.05) is 6.20 Å².